The Labute approximate surface area is 93.3 Å². The molecule has 2 rings (SSSR count). The largest absolute Gasteiger partial charge is 0.337 e. The number of aromatic nitrogens is 2. The van der Waals surface area contributed by atoms with Crippen LogP contribution in [0.15, 0.2) is 6.07 Å². The number of hydrogen-bond acceptors (Lipinski definition) is 3. The van der Waals surface area contributed by atoms with Crippen molar-refractivity contribution in [2.45, 2.75) is 19.8 Å². The number of nitrogens with zero attached hydrogens (tertiary/aromatic N) is 3. The van der Waals surface area contributed by atoms with Gasteiger partial charge in [-0.25, -0.2) is 9.97 Å². The molecule has 1 aliphatic heterocycles. The average Bonchev–Trinajstić information content (AvgIpc) is 2.67. The molecule has 15 heavy (non-hydrogen) atoms. The maximum atomic E-state index is 11.9. The van der Waals surface area contributed by atoms with Crippen molar-refractivity contribution < 1.29 is 4.79 Å². The fraction of sp³-hybridized carbons (Fsp3) is 0.500. The van der Waals surface area contributed by atoms with Gasteiger partial charge in [0.05, 0.1) is 0 Å². The molecule has 80 valence electrons. The molecule has 0 N–H and O–H groups in total. The summed E-state index contributed by atoms with van der Waals surface area (Å²) in [5.41, 5.74) is 0.398. The Balaban J connectivity index is 2.24. The molecule has 0 saturated carbocycles. The Morgan fingerprint density at radius 3 is 2.67 bits per heavy atom. The molecule has 0 radical (unpaired) electrons. The number of carbonyl (C=O) groups is 1. The Morgan fingerprint density at radius 1 is 1.40 bits per heavy atom. The maximum Gasteiger partial charge on any atom is 0.272 e. The van der Waals surface area contributed by atoms with E-state index in [1.165, 1.54) is 6.07 Å². The van der Waals surface area contributed by atoms with Gasteiger partial charge in [0.1, 0.15) is 16.7 Å². The minimum Gasteiger partial charge on any atom is -0.337 e. The number of likely N-dealkylation sites (tertiary alicyclic amines) is 1. The summed E-state index contributed by atoms with van der Waals surface area (Å²) in [6.07, 6.45) is 2.15. The molecule has 0 spiro atoms. The highest BCUT2D eigenvalue weighted by Crippen LogP contribution is 2.13. The van der Waals surface area contributed by atoms with Crippen LogP contribution in [-0.2, 0) is 0 Å². The highest BCUT2D eigenvalue weighted by Gasteiger charge is 2.21. The monoisotopic (exact) mass is 225 g/mol. The van der Waals surface area contributed by atoms with E-state index in [-0.39, 0.29) is 5.91 Å². The average molecular weight is 226 g/mol. The highest BCUT2D eigenvalue weighted by atomic mass is 35.5. The lowest BCUT2D eigenvalue weighted by molar-refractivity contribution is 0.0786. The van der Waals surface area contributed by atoms with Gasteiger partial charge >= 0.3 is 0 Å². The summed E-state index contributed by atoms with van der Waals surface area (Å²) in [5, 5.41) is 0.324. The molecule has 0 unspecified atom stereocenters. The van der Waals surface area contributed by atoms with Crippen LogP contribution in [0.2, 0.25) is 5.15 Å². The normalized spacial score (nSPS) is 15.7. The summed E-state index contributed by atoms with van der Waals surface area (Å²) >= 11 is 5.78. The van der Waals surface area contributed by atoms with E-state index >= 15 is 0 Å². The number of rotatable bonds is 1. The van der Waals surface area contributed by atoms with E-state index in [2.05, 4.69) is 9.97 Å². The fourth-order valence-electron chi connectivity index (χ4n) is 1.72. The lowest BCUT2D eigenvalue weighted by atomic mass is 10.3. The van der Waals surface area contributed by atoms with E-state index in [9.17, 15) is 4.79 Å². The molecule has 0 bridgehead atoms. The van der Waals surface area contributed by atoms with E-state index in [0.717, 1.165) is 25.9 Å². The van der Waals surface area contributed by atoms with Crippen molar-refractivity contribution in [1.29, 1.82) is 0 Å². The van der Waals surface area contributed by atoms with Gasteiger partial charge in [0.25, 0.3) is 5.91 Å². The van der Waals surface area contributed by atoms with Crippen LogP contribution in [0.4, 0.5) is 0 Å². The fourth-order valence-corrected chi connectivity index (χ4v) is 1.95. The van der Waals surface area contributed by atoms with Crippen LogP contribution >= 0.6 is 11.6 Å². The number of halogens is 1. The zero-order valence-corrected chi connectivity index (χ0v) is 9.29. The Bertz CT molecular complexity index is 368. The summed E-state index contributed by atoms with van der Waals surface area (Å²) in [6.45, 7) is 3.37. The molecule has 1 amide bonds. The third-order valence-corrected chi connectivity index (χ3v) is 2.61. The number of carbonyl (C=O) groups excluding carboxylic acids is 1. The SMILES string of the molecule is Cc1nc(Cl)cc(C(=O)N2CCCC2)n1. The summed E-state index contributed by atoms with van der Waals surface area (Å²) in [7, 11) is 0. The van der Waals surface area contributed by atoms with Crippen molar-refractivity contribution in [1.82, 2.24) is 14.9 Å². The van der Waals surface area contributed by atoms with Crippen LogP contribution in [0.1, 0.15) is 29.2 Å². The molecule has 4 nitrogen and oxygen atoms in total. The van der Waals surface area contributed by atoms with Gasteiger partial charge in [0.15, 0.2) is 0 Å². The Kier molecular flexibility index (Phi) is 2.86. The number of hydrogen-bond donors (Lipinski definition) is 0. The third kappa shape index (κ3) is 2.26. The molecule has 1 aromatic rings. The van der Waals surface area contributed by atoms with Gasteiger partial charge in [-0.2, -0.15) is 0 Å². The first-order valence-electron chi connectivity index (χ1n) is 4.97. The molecular weight excluding hydrogens is 214 g/mol. The summed E-state index contributed by atoms with van der Waals surface area (Å²) in [5.74, 6) is 0.491. The molecule has 0 aromatic carbocycles. The van der Waals surface area contributed by atoms with Crippen LogP contribution in [-0.4, -0.2) is 33.9 Å². The molecule has 5 heteroatoms. The highest BCUT2D eigenvalue weighted by molar-refractivity contribution is 6.29. The van der Waals surface area contributed by atoms with Crippen molar-refractivity contribution in [3.8, 4) is 0 Å². The van der Waals surface area contributed by atoms with Crippen molar-refractivity contribution in [3.63, 3.8) is 0 Å². The zero-order valence-electron chi connectivity index (χ0n) is 8.53. The molecule has 1 aromatic heterocycles. The molecule has 1 saturated heterocycles. The summed E-state index contributed by atoms with van der Waals surface area (Å²) < 4.78 is 0. The second-order valence-corrected chi connectivity index (χ2v) is 4.01. The quantitative estimate of drug-likeness (QED) is 0.683. The van der Waals surface area contributed by atoms with Crippen molar-refractivity contribution in [2.24, 2.45) is 0 Å². The van der Waals surface area contributed by atoms with Gasteiger partial charge in [-0.1, -0.05) is 11.6 Å². The zero-order chi connectivity index (χ0) is 10.8. The third-order valence-electron chi connectivity index (χ3n) is 2.42. The van der Waals surface area contributed by atoms with Crippen LogP contribution < -0.4 is 0 Å². The van der Waals surface area contributed by atoms with E-state index < -0.39 is 0 Å². The number of amides is 1. The second kappa shape index (κ2) is 4.14. The minimum absolute atomic E-state index is 0.0418. The summed E-state index contributed by atoms with van der Waals surface area (Å²) in [6, 6.07) is 1.52. The van der Waals surface area contributed by atoms with Gasteiger partial charge in [-0.15, -0.1) is 0 Å². The second-order valence-electron chi connectivity index (χ2n) is 3.62. The molecule has 0 atom stereocenters. The molecular formula is C10H12ClN3O. The van der Waals surface area contributed by atoms with Gasteiger partial charge < -0.3 is 4.90 Å². The van der Waals surface area contributed by atoms with E-state index in [1.807, 2.05) is 0 Å². The first kappa shape index (κ1) is 10.4. The topological polar surface area (TPSA) is 46.1 Å². The van der Waals surface area contributed by atoms with E-state index in [4.69, 9.17) is 11.6 Å². The molecule has 1 aliphatic rings. The van der Waals surface area contributed by atoms with Crippen LogP contribution in [0.3, 0.4) is 0 Å². The van der Waals surface area contributed by atoms with Gasteiger partial charge in [0.2, 0.25) is 0 Å². The lowest BCUT2D eigenvalue weighted by Gasteiger charge is -2.14. The molecule has 1 fully saturated rings. The lowest BCUT2D eigenvalue weighted by Crippen LogP contribution is -2.28. The minimum atomic E-state index is -0.0418. The summed E-state index contributed by atoms with van der Waals surface area (Å²) in [4.78, 5) is 21.8. The van der Waals surface area contributed by atoms with Gasteiger partial charge in [-0.3, -0.25) is 4.79 Å². The maximum absolute atomic E-state index is 11.9. The van der Waals surface area contributed by atoms with E-state index in [1.54, 1.807) is 11.8 Å². The van der Waals surface area contributed by atoms with Crippen LogP contribution in [0.5, 0.6) is 0 Å². The Morgan fingerprint density at radius 2 is 2.07 bits per heavy atom. The molecule has 0 aliphatic carbocycles. The van der Waals surface area contributed by atoms with E-state index in [0.29, 0.717) is 16.7 Å². The first-order chi connectivity index (χ1) is 7.16. The smallest absolute Gasteiger partial charge is 0.272 e. The van der Waals surface area contributed by atoms with Crippen LogP contribution in [0.25, 0.3) is 0 Å². The number of aryl methyl sites for hydroxylation is 1. The van der Waals surface area contributed by atoms with Crippen molar-refractivity contribution >= 4 is 17.5 Å². The first-order valence-corrected chi connectivity index (χ1v) is 5.35. The predicted octanol–water partition coefficient (Wildman–Crippen LogP) is 1.67. The molecule has 2 heterocycles. The standard InChI is InChI=1S/C10H12ClN3O/c1-7-12-8(6-9(11)13-7)10(15)14-4-2-3-5-14/h6H,2-5H2,1H3. The van der Waals surface area contributed by atoms with Gasteiger partial charge in [0, 0.05) is 19.2 Å². The van der Waals surface area contributed by atoms with Crippen LogP contribution in [0, 0.1) is 6.92 Å². The van der Waals surface area contributed by atoms with Crippen molar-refractivity contribution in [3.05, 3.63) is 22.7 Å². The Hall–Kier alpha value is -1.16. The van der Waals surface area contributed by atoms with Gasteiger partial charge in [-0.05, 0) is 19.8 Å². The van der Waals surface area contributed by atoms with Crippen molar-refractivity contribution in [2.75, 3.05) is 13.1 Å². The predicted molar refractivity (Wildman–Crippen MR) is 56.9 cm³/mol.